The number of hydrogen-bond acceptors (Lipinski definition) is 5. The van der Waals surface area contributed by atoms with Crippen molar-refractivity contribution < 1.29 is 4.79 Å². The Morgan fingerprint density at radius 2 is 2.00 bits per heavy atom. The molecular formula is C14H18N4OS. The van der Waals surface area contributed by atoms with Gasteiger partial charge in [0.05, 0.1) is 0 Å². The molecule has 1 amide bonds. The molecule has 0 atom stereocenters. The molecule has 0 bridgehead atoms. The highest BCUT2D eigenvalue weighted by Crippen LogP contribution is 2.27. The van der Waals surface area contributed by atoms with Crippen molar-refractivity contribution in [3.05, 3.63) is 34.7 Å². The number of nitrogens with two attached hydrogens (primary N) is 1. The third-order valence-corrected chi connectivity index (χ3v) is 4.09. The van der Waals surface area contributed by atoms with E-state index in [1.807, 2.05) is 43.3 Å². The topological polar surface area (TPSA) is 71.2 Å². The maximum Gasteiger partial charge on any atom is 0.269 e. The maximum absolute atomic E-state index is 12.2. The number of hydrogen-bond donors (Lipinski definition) is 2. The Hall–Kier alpha value is -2.08. The Labute approximate surface area is 122 Å². The highest BCUT2D eigenvalue weighted by molar-refractivity contribution is 7.18. The number of carbonyl (C=O) groups excluding carboxylic acids is 1. The van der Waals surface area contributed by atoms with Gasteiger partial charge in [0.25, 0.3) is 5.91 Å². The van der Waals surface area contributed by atoms with Gasteiger partial charge in [0.2, 0.25) is 0 Å². The molecule has 2 rings (SSSR count). The summed E-state index contributed by atoms with van der Waals surface area (Å²) in [6.45, 7) is 2.09. The van der Waals surface area contributed by atoms with Crippen molar-refractivity contribution in [1.82, 2.24) is 4.98 Å². The molecule has 1 heterocycles. The summed E-state index contributed by atoms with van der Waals surface area (Å²) in [5, 5.41) is 3.55. The Bertz CT molecular complexity index is 604. The zero-order valence-electron chi connectivity index (χ0n) is 11.8. The number of nitrogens with zero attached hydrogens (tertiary/aromatic N) is 2. The molecule has 0 saturated heterocycles. The van der Waals surface area contributed by atoms with Gasteiger partial charge in [0, 0.05) is 19.8 Å². The van der Waals surface area contributed by atoms with E-state index in [1.165, 1.54) is 16.9 Å². The van der Waals surface area contributed by atoms with Crippen LogP contribution in [0.1, 0.15) is 22.2 Å². The van der Waals surface area contributed by atoms with Gasteiger partial charge >= 0.3 is 0 Å². The average Bonchev–Trinajstić information content (AvgIpc) is 2.82. The molecule has 2 aromatic rings. The fourth-order valence-electron chi connectivity index (χ4n) is 1.69. The maximum atomic E-state index is 12.2. The van der Waals surface area contributed by atoms with Crippen molar-refractivity contribution in [1.29, 1.82) is 0 Å². The van der Waals surface area contributed by atoms with E-state index in [0.29, 0.717) is 10.0 Å². The molecule has 1 aromatic carbocycles. The van der Waals surface area contributed by atoms with Crippen molar-refractivity contribution in [2.45, 2.75) is 13.3 Å². The second-order valence-corrected chi connectivity index (χ2v) is 5.59. The van der Waals surface area contributed by atoms with Crippen molar-refractivity contribution in [3.63, 3.8) is 0 Å². The molecule has 0 aliphatic rings. The first-order valence-corrected chi connectivity index (χ1v) is 7.16. The van der Waals surface area contributed by atoms with Crippen LogP contribution < -0.4 is 16.0 Å². The first kappa shape index (κ1) is 14.3. The standard InChI is InChI=1S/C14H18N4OS/c1-4-9-5-7-10(8-6-9)16-13(19)11-12(15)17-14(20-11)18(2)3/h5-8H,4,15H2,1-3H3,(H,16,19). The molecule has 1 aromatic heterocycles. The van der Waals surface area contributed by atoms with Gasteiger partial charge in [-0.25, -0.2) is 4.98 Å². The van der Waals surface area contributed by atoms with Crippen LogP contribution in [0.25, 0.3) is 0 Å². The van der Waals surface area contributed by atoms with E-state index < -0.39 is 0 Å². The Morgan fingerprint density at radius 1 is 1.35 bits per heavy atom. The minimum Gasteiger partial charge on any atom is -0.382 e. The molecular weight excluding hydrogens is 272 g/mol. The summed E-state index contributed by atoms with van der Waals surface area (Å²) in [5.41, 5.74) is 7.78. The van der Waals surface area contributed by atoms with Crippen LogP contribution in [0.5, 0.6) is 0 Å². The highest BCUT2D eigenvalue weighted by atomic mass is 32.1. The van der Waals surface area contributed by atoms with Gasteiger partial charge in [0.1, 0.15) is 10.7 Å². The molecule has 0 radical (unpaired) electrons. The lowest BCUT2D eigenvalue weighted by molar-refractivity contribution is 0.103. The van der Waals surface area contributed by atoms with Gasteiger partial charge < -0.3 is 16.0 Å². The van der Waals surface area contributed by atoms with E-state index in [-0.39, 0.29) is 11.7 Å². The first-order valence-electron chi connectivity index (χ1n) is 6.35. The van der Waals surface area contributed by atoms with E-state index in [4.69, 9.17) is 5.73 Å². The van der Waals surface area contributed by atoms with Gasteiger partial charge in [-0.05, 0) is 24.1 Å². The smallest absolute Gasteiger partial charge is 0.269 e. The Morgan fingerprint density at radius 3 is 2.50 bits per heavy atom. The summed E-state index contributed by atoms with van der Waals surface area (Å²) < 4.78 is 0. The first-order chi connectivity index (χ1) is 9.51. The van der Waals surface area contributed by atoms with Crippen molar-refractivity contribution in [2.24, 2.45) is 0 Å². The number of aromatic nitrogens is 1. The second-order valence-electron chi connectivity index (χ2n) is 4.61. The normalized spacial score (nSPS) is 10.3. The zero-order valence-corrected chi connectivity index (χ0v) is 12.6. The van der Waals surface area contributed by atoms with E-state index in [9.17, 15) is 4.79 Å². The van der Waals surface area contributed by atoms with Gasteiger partial charge in [-0.3, -0.25) is 4.79 Å². The minimum absolute atomic E-state index is 0.225. The number of carbonyl (C=O) groups is 1. The molecule has 0 spiro atoms. The van der Waals surface area contributed by atoms with Crippen LogP contribution in [0.15, 0.2) is 24.3 Å². The van der Waals surface area contributed by atoms with Gasteiger partial charge in [0.15, 0.2) is 5.13 Å². The molecule has 3 N–H and O–H groups in total. The van der Waals surface area contributed by atoms with Crippen LogP contribution in [0.3, 0.4) is 0 Å². The van der Waals surface area contributed by atoms with Gasteiger partial charge in [-0.15, -0.1) is 0 Å². The zero-order chi connectivity index (χ0) is 14.7. The number of nitrogen functional groups attached to an aromatic ring is 1. The quantitative estimate of drug-likeness (QED) is 0.908. The summed E-state index contributed by atoms with van der Waals surface area (Å²) in [7, 11) is 3.73. The Kier molecular flexibility index (Phi) is 4.24. The van der Waals surface area contributed by atoms with Crippen molar-refractivity contribution in [3.8, 4) is 0 Å². The number of rotatable bonds is 4. The van der Waals surface area contributed by atoms with Crippen LogP contribution in [-0.4, -0.2) is 25.0 Å². The van der Waals surface area contributed by atoms with Crippen LogP contribution in [-0.2, 0) is 6.42 Å². The average molecular weight is 290 g/mol. The molecule has 106 valence electrons. The SMILES string of the molecule is CCc1ccc(NC(=O)c2sc(N(C)C)nc2N)cc1. The predicted octanol–water partition coefficient (Wildman–Crippen LogP) is 2.61. The number of benzene rings is 1. The third kappa shape index (κ3) is 3.08. The molecule has 0 unspecified atom stereocenters. The summed E-state index contributed by atoms with van der Waals surface area (Å²) in [4.78, 5) is 18.6. The number of nitrogens with one attached hydrogen (secondary N) is 1. The molecule has 0 fully saturated rings. The summed E-state index contributed by atoms with van der Waals surface area (Å²) in [6.07, 6.45) is 0.974. The fourth-order valence-corrected chi connectivity index (χ4v) is 2.49. The lowest BCUT2D eigenvalue weighted by atomic mass is 10.1. The van der Waals surface area contributed by atoms with Gasteiger partial charge in [-0.1, -0.05) is 30.4 Å². The van der Waals surface area contributed by atoms with E-state index >= 15 is 0 Å². The second kappa shape index (κ2) is 5.92. The monoisotopic (exact) mass is 290 g/mol. The van der Waals surface area contributed by atoms with E-state index in [1.54, 1.807) is 0 Å². The van der Waals surface area contributed by atoms with Crippen LogP contribution >= 0.6 is 11.3 Å². The van der Waals surface area contributed by atoms with Gasteiger partial charge in [-0.2, -0.15) is 0 Å². The third-order valence-electron chi connectivity index (χ3n) is 2.85. The van der Waals surface area contributed by atoms with Crippen molar-refractivity contribution >= 4 is 33.9 Å². The van der Waals surface area contributed by atoms with Crippen LogP contribution in [0.2, 0.25) is 0 Å². The lowest BCUT2D eigenvalue weighted by Gasteiger charge is -2.05. The van der Waals surface area contributed by atoms with Crippen molar-refractivity contribution in [2.75, 3.05) is 30.0 Å². The number of amides is 1. The summed E-state index contributed by atoms with van der Waals surface area (Å²) in [6, 6.07) is 7.77. The highest BCUT2D eigenvalue weighted by Gasteiger charge is 2.17. The number of anilines is 3. The van der Waals surface area contributed by atoms with Crippen LogP contribution in [0.4, 0.5) is 16.6 Å². The minimum atomic E-state index is -0.225. The van der Waals surface area contributed by atoms with E-state index in [2.05, 4.69) is 17.2 Å². The molecule has 0 aliphatic carbocycles. The summed E-state index contributed by atoms with van der Waals surface area (Å²) in [5.74, 6) is 0.0405. The van der Waals surface area contributed by atoms with E-state index in [0.717, 1.165) is 12.1 Å². The molecule has 0 saturated carbocycles. The molecule has 20 heavy (non-hydrogen) atoms. The molecule has 5 nitrogen and oxygen atoms in total. The lowest BCUT2D eigenvalue weighted by Crippen LogP contribution is -2.12. The fraction of sp³-hybridized carbons (Fsp3) is 0.286. The summed E-state index contributed by atoms with van der Waals surface area (Å²) >= 11 is 1.28. The molecule has 0 aliphatic heterocycles. The predicted molar refractivity (Wildman–Crippen MR) is 84.6 cm³/mol. The molecule has 6 heteroatoms. The van der Waals surface area contributed by atoms with Crippen LogP contribution in [0, 0.1) is 0 Å². The largest absolute Gasteiger partial charge is 0.382 e. The number of thiazole rings is 1. The Balaban J connectivity index is 2.14. The number of aryl methyl sites for hydroxylation is 1.